The Hall–Kier alpha value is -4.58. The van der Waals surface area contributed by atoms with Gasteiger partial charge in [0.25, 0.3) is 0 Å². The number of Topliss-reactive ketones (excluding diaryl/α,β-unsaturated/α-hetero) is 1. The van der Waals surface area contributed by atoms with Gasteiger partial charge in [-0.15, -0.1) is 0 Å². The molecule has 6 unspecified atom stereocenters. The fraction of sp³-hybridized carbons (Fsp3) is 0.550. The summed E-state index contributed by atoms with van der Waals surface area (Å²) in [6, 6.07) is 4.80. The Kier molecular flexibility index (Phi) is 18.8. The molecule has 1 fully saturated rings. The van der Waals surface area contributed by atoms with Crippen molar-refractivity contribution in [2.75, 3.05) is 7.05 Å². The molecule has 2 rings (SSSR count). The molecule has 0 heterocycles. The number of carboxylic acids is 2. The zero-order valence-electron chi connectivity index (χ0n) is 31.3. The van der Waals surface area contributed by atoms with Crippen molar-refractivity contribution in [2.24, 2.45) is 17.8 Å². The van der Waals surface area contributed by atoms with Crippen molar-refractivity contribution in [3.05, 3.63) is 71.8 Å². The summed E-state index contributed by atoms with van der Waals surface area (Å²) in [5, 5.41) is 29.8. The van der Waals surface area contributed by atoms with Gasteiger partial charge < -0.3 is 31.5 Å². The maximum absolute atomic E-state index is 14.0. The molecule has 1 aromatic rings. The highest BCUT2D eigenvalue weighted by atomic mass is 16.4. The second-order valence-corrected chi connectivity index (χ2v) is 14.3. The number of carboxylic acid groups (broad SMARTS) is 2. The van der Waals surface area contributed by atoms with Crippen LogP contribution in [-0.4, -0.2) is 76.9 Å². The molecule has 1 aliphatic rings. The van der Waals surface area contributed by atoms with Crippen molar-refractivity contribution in [1.29, 1.82) is 0 Å². The van der Waals surface area contributed by atoms with Crippen LogP contribution in [0.3, 0.4) is 0 Å². The number of aliphatic carboxylic acids is 2. The van der Waals surface area contributed by atoms with Gasteiger partial charge in [-0.3, -0.25) is 24.0 Å². The number of benzene rings is 1. The van der Waals surface area contributed by atoms with Gasteiger partial charge in [-0.2, -0.15) is 0 Å². The van der Waals surface area contributed by atoms with E-state index in [1.54, 1.807) is 39.1 Å². The molecule has 286 valence electrons. The Bertz CT molecular complexity index is 1450. The van der Waals surface area contributed by atoms with E-state index in [-0.39, 0.29) is 42.4 Å². The minimum absolute atomic E-state index is 0.0610. The predicted molar refractivity (Wildman–Crippen MR) is 200 cm³/mol. The predicted octanol–water partition coefficient (Wildman–Crippen LogP) is 4.50. The lowest BCUT2D eigenvalue weighted by molar-refractivity contribution is -0.147. The highest BCUT2D eigenvalue weighted by molar-refractivity contribution is 5.94. The average molecular weight is 723 g/mol. The van der Waals surface area contributed by atoms with Crippen LogP contribution in [0.5, 0.6) is 0 Å². The van der Waals surface area contributed by atoms with Crippen molar-refractivity contribution in [3.8, 4) is 0 Å². The van der Waals surface area contributed by atoms with Gasteiger partial charge in [-0.1, -0.05) is 81.0 Å². The van der Waals surface area contributed by atoms with E-state index in [1.165, 1.54) is 0 Å². The van der Waals surface area contributed by atoms with Crippen LogP contribution in [0, 0.1) is 17.8 Å². The molecular formula is C40H58N4O8. The van der Waals surface area contributed by atoms with Gasteiger partial charge in [0.05, 0.1) is 12.5 Å². The molecule has 0 saturated heterocycles. The Morgan fingerprint density at radius 1 is 0.865 bits per heavy atom. The molecule has 0 bridgehead atoms. The molecule has 6 atom stereocenters. The Morgan fingerprint density at radius 3 is 2.10 bits per heavy atom. The maximum Gasteiger partial charge on any atom is 0.326 e. The maximum atomic E-state index is 14.0. The van der Waals surface area contributed by atoms with E-state index in [2.05, 4.69) is 41.7 Å². The number of carbonyl (C=O) groups is 6. The lowest BCUT2D eigenvalue weighted by atomic mass is 9.89. The van der Waals surface area contributed by atoms with Gasteiger partial charge in [-0.05, 0) is 76.0 Å². The van der Waals surface area contributed by atoms with Gasteiger partial charge in [0, 0.05) is 25.2 Å². The summed E-state index contributed by atoms with van der Waals surface area (Å²) < 4.78 is 0. The normalized spacial score (nSPS) is 18.8. The van der Waals surface area contributed by atoms with Crippen molar-refractivity contribution >= 4 is 35.4 Å². The molecule has 1 aromatic carbocycles. The fourth-order valence-corrected chi connectivity index (χ4v) is 6.57. The highest BCUT2D eigenvalue weighted by Gasteiger charge is 2.33. The molecule has 3 amide bonds. The van der Waals surface area contributed by atoms with Gasteiger partial charge in [-0.25, -0.2) is 4.79 Å². The van der Waals surface area contributed by atoms with Crippen LogP contribution in [0.25, 0.3) is 0 Å². The molecule has 0 radical (unpaired) electrons. The van der Waals surface area contributed by atoms with Crippen LogP contribution < -0.4 is 21.3 Å². The summed E-state index contributed by atoms with van der Waals surface area (Å²) in [6.07, 6.45) is 9.12. The van der Waals surface area contributed by atoms with Crippen molar-refractivity contribution < 1.29 is 39.0 Å². The van der Waals surface area contributed by atoms with E-state index in [0.29, 0.717) is 42.7 Å². The van der Waals surface area contributed by atoms with Gasteiger partial charge >= 0.3 is 11.9 Å². The number of ketones is 1. The Morgan fingerprint density at radius 2 is 1.52 bits per heavy atom. The SMILES string of the molecule is C=C(C)C=C(C=CC)CC(NC(=O)C(Cc1ccccc1)NC(=O)C1CCCC(CC(=O)C(CC(C)C)NC)CC1)C(=O)NC(CC(=O)O)C(=O)O. The van der Waals surface area contributed by atoms with Crippen LogP contribution in [0.15, 0.2) is 66.3 Å². The molecule has 0 aromatic heterocycles. The van der Waals surface area contributed by atoms with Crippen molar-refractivity contribution in [3.63, 3.8) is 0 Å². The first-order valence-corrected chi connectivity index (χ1v) is 18.2. The largest absolute Gasteiger partial charge is 0.481 e. The number of allylic oxidation sites excluding steroid dienone is 4. The number of hydrogen-bond acceptors (Lipinski definition) is 7. The van der Waals surface area contributed by atoms with E-state index >= 15 is 0 Å². The molecule has 1 saturated carbocycles. The zero-order valence-corrected chi connectivity index (χ0v) is 31.3. The number of carbonyl (C=O) groups excluding carboxylic acids is 4. The average Bonchev–Trinajstić information content (AvgIpc) is 3.31. The first-order valence-electron chi connectivity index (χ1n) is 18.2. The molecule has 0 spiro atoms. The second kappa shape index (κ2) is 22.4. The van der Waals surface area contributed by atoms with Crippen LogP contribution in [0.1, 0.15) is 91.0 Å². The molecule has 12 heteroatoms. The minimum Gasteiger partial charge on any atom is -0.481 e. The third kappa shape index (κ3) is 15.8. The lowest BCUT2D eigenvalue weighted by Crippen LogP contribution is -2.57. The van der Waals surface area contributed by atoms with E-state index in [9.17, 15) is 39.0 Å². The Labute approximate surface area is 308 Å². The molecule has 52 heavy (non-hydrogen) atoms. The highest BCUT2D eigenvalue weighted by Crippen LogP contribution is 2.30. The van der Waals surface area contributed by atoms with Gasteiger partial charge in [0.2, 0.25) is 17.7 Å². The third-order valence-electron chi connectivity index (χ3n) is 9.19. The van der Waals surface area contributed by atoms with Crippen molar-refractivity contribution in [2.45, 2.75) is 116 Å². The summed E-state index contributed by atoms with van der Waals surface area (Å²) >= 11 is 0. The molecular weight excluding hydrogens is 664 g/mol. The second-order valence-electron chi connectivity index (χ2n) is 14.3. The summed E-state index contributed by atoms with van der Waals surface area (Å²) in [7, 11) is 1.81. The summed E-state index contributed by atoms with van der Waals surface area (Å²) in [4.78, 5) is 77.5. The smallest absolute Gasteiger partial charge is 0.326 e. The molecule has 1 aliphatic carbocycles. The van der Waals surface area contributed by atoms with Gasteiger partial charge in [0.1, 0.15) is 23.9 Å². The van der Waals surface area contributed by atoms with Crippen LogP contribution in [0.4, 0.5) is 0 Å². The monoisotopic (exact) mass is 722 g/mol. The fourth-order valence-electron chi connectivity index (χ4n) is 6.57. The summed E-state index contributed by atoms with van der Waals surface area (Å²) in [5.41, 5.74) is 2.06. The van der Waals surface area contributed by atoms with E-state index in [1.807, 2.05) is 30.3 Å². The molecule has 6 N–H and O–H groups in total. The number of hydrogen-bond donors (Lipinski definition) is 6. The number of rotatable bonds is 21. The Balaban J connectivity index is 2.31. The molecule has 12 nitrogen and oxygen atoms in total. The number of nitrogens with one attached hydrogen (secondary N) is 4. The summed E-state index contributed by atoms with van der Waals surface area (Å²) in [5.74, 6) is -4.40. The number of likely N-dealkylation sites (N-methyl/N-ethyl adjacent to an activating group) is 1. The van der Waals surface area contributed by atoms with E-state index in [4.69, 9.17) is 0 Å². The summed E-state index contributed by atoms with van der Waals surface area (Å²) in [6.45, 7) is 11.6. The quantitative estimate of drug-likeness (QED) is 0.0784. The standard InChI is InChI=1S/C40H58N4O8/c1-7-12-29(19-25(2)3)22-33(39(50)44-34(40(51)52)24-36(46)47)43-38(49)32(21-27-13-9-8-10-14-27)42-37(48)30-16-11-15-28(17-18-30)23-35(45)31(41-6)20-26(4)5/h7-10,12-14,19,26,28,30-34,41H,2,11,15-18,20-24H2,1,3-6H3,(H,42,48)(H,43,49)(H,44,50)(H,46,47)(H,51,52). The first kappa shape index (κ1) is 43.6. The van der Waals surface area contributed by atoms with E-state index in [0.717, 1.165) is 24.8 Å². The lowest BCUT2D eigenvalue weighted by Gasteiger charge is -2.26. The molecule has 0 aliphatic heterocycles. The minimum atomic E-state index is -1.73. The van der Waals surface area contributed by atoms with Crippen molar-refractivity contribution in [1.82, 2.24) is 21.3 Å². The zero-order chi connectivity index (χ0) is 38.8. The van der Waals surface area contributed by atoms with Crippen LogP contribution in [-0.2, 0) is 35.2 Å². The van der Waals surface area contributed by atoms with Crippen LogP contribution in [0.2, 0.25) is 0 Å². The van der Waals surface area contributed by atoms with Gasteiger partial charge in [0.15, 0.2) is 0 Å². The van der Waals surface area contributed by atoms with Crippen LogP contribution >= 0.6 is 0 Å². The topological polar surface area (TPSA) is 191 Å². The van der Waals surface area contributed by atoms with E-state index < -0.39 is 48.3 Å². The third-order valence-corrected chi connectivity index (χ3v) is 9.19. The number of amides is 3. The first-order chi connectivity index (χ1) is 24.6.